The predicted molar refractivity (Wildman–Crippen MR) is 101 cm³/mol. The highest BCUT2D eigenvalue weighted by atomic mass is 16.3. The topological polar surface area (TPSA) is 72.8 Å². The van der Waals surface area contributed by atoms with Gasteiger partial charge < -0.3 is 19.8 Å². The fraction of sp³-hybridized carbons (Fsp3) is 0.737. The SMILES string of the molecule is CC(=O)N1CCCCC(O)(CN2CCC(N(C)c3ccncn3)CC2)C1. The number of hydrogen-bond acceptors (Lipinski definition) is 6. The van der Waals surface area contributed by atoms with Crippen molar-refractivity contribution >= 4 is 11.7 Å². The highest BCUT2D eigenvalue weighted by Crippen LogP contribution is 2.25. The van der Waals surface area contributed by atoms with E-state index in [-0.39, 0.29) is 5.91 Å². The van der Waals surface area contributed by atoms with Gasteiger partial charge in [0.15, 0.2) is 0 Å². The van der Waals surface area contributed by atoms with E-state index in [9.17, 15) is 9.90 Å². The molecule has 144 valence electrons. The van der Waals surface area contributed by atoms with Gasteiger partial charge in [-0.25, -0.2) is 9.97 Å². The number of hydrogen-bond donors (Lipinski definition) is 1. The highest BCUT2D eigenvalue weighted by Gasteiger charge is 2.35. The monoisotopic (exact) mass is 361 g/mol. The summed E-state index contributed by atoms with van der Waals surface area (Å²) in [5.41, 5.74) is -0.784. The number of amides is 1. The van der Waals surface area contributed by atoms with E-state index in [4.69, 9.17) is 0 Å². The standard InChI is InChI=1S/C19H31N5O2/c1-16(25)24-10-4-3-8-19(26,14-24)13-23-11-6-17(7-12-23)22(2)18-5-9-20-15-21-18/h5,9,15,17,26H,3-4,6-8,10-14H2,1-2H3. The molecule has 0 bridgehead atoms. The summed E-state index contributed by atoms with van der Waals surface area (Å²) < 4.78 is 0. The molecule has 0 radical (unpaired) electrons. The van der Waals surface area contributed by atoms with Crippen LogP contribution < -0.4 is 4.90 Å². The van der Waals surface area contributed by atoms with Crippen LogP contribution in [0.5, 0.6) is 0 Å². The number of rotatable bonds is 4. The molecule has 3 heterocycles. The Morgan fingerprint density at radius 3 is 2.77 bits per heavy atom. The molecule has 0 aliphatic carbocycles. The Bertz CT molecular complexity index is 591. The van der Waals surface area contributed by atoms with Crippen LogP contribution in [0.4, 0.5) is 5.82 Å². The number of nitrogens with zero attached hydrogens (tertiary/aromatic N) is 5. The molecule has 2 saturated heterocycles. The van der Waals surface area contributed by atoms with Crippen molar-refractivity contribution in [2.45, 2.75) is 50.7 Å². The van der Waals surface area contributed by atoms with Crippen LogP contribution in [0.3, 0.4) is 0 Å². The Labute approximate surface area is 156 Å². The van der Waals surface area contributed by atoms with Gasteiger partial charge >= 0.3 is 0 Å². The predicted octanol–water partition coefficient (Wildman–Crippen LogP) is 1.14. The zero-order valence-corrected chi connectivity index (χ0v) is 16.0. The summed E-state index contributed by atoms with van der Waals surface area (Å²) in [6.45, 7) is 5.40. The van der Waals surface area contributed by atoms with Crippen LogP contribution in [-0.2, 0) is 4.79 Å². The molecule has 26 heavy (non-hydrogen) atoms. The number of aliphatic hydroxyl groups is 1. The van der Waals surface area contributed by atoms with Crippen molar-refractivity contribution in [1.29, 1.82) is 0 Å². The normalized spacial score (nSPS) is 25.7. The van der Waals surface area contributed by atoms with Gasteiger partial charge in [-0.2, -0.15) is 0 Å². The van der Waals surface area contributed by atoms with Crippen LogP contribution in [-0.4, -0.2) is 82.2 Å². The number of aromatic nitrogens is 2. The number of anilines is 1. The van der Waals surface area contributed by atoms with Gasteiger partial charge in [-0.3, -0.25) is 4.79 Å². The summed E-state index contributed by atoms with van der Waals surface area (Å²) in [7, 11) is 2.09. The second-order valence-corrected chi connectivity index (χ2v) is 7.81. The summed E-state index contributed by atoms with van der Waals surface area (Å²) >= 11 is 0. The maximum atomic E-state index is 11.8. The maximum absolute atomic E-state index is 11.8. The second-order valence-electron chi connectivity index (χ2n) is 7.81. The average molecular weight is 361 g/mol. The van der Waals surface area contributed by atoms with Gasteiger partial charge in [-0.05, 0) is 38.2 Å². The van der Waals surface area contributed by atoms with Gasteiger partial charge in [0.1, 0.15) is 12.1 Å². The van der Waals surface area contributed by atoms with Gasteiger partial charge in [-0.15, -0.1) is 0 Å². The third-order valence-corrected chi connectivity index (χ3v) is 5.80. The van der Waals surface area contributed by atoms with Crippen molar-refractivity contribution in [1.82, 2.24) is 19.8 Å². The van der Waals surface area contributed by atoms with E-state index in [1.807, 2.05) is 11.0 Å². The molecule has 1 aromatic heterocycles. The Hall–Kier alpha value is -1.73. The van der Waals surface area contributed by atoms with Gasteiger partial charge in [0.2, 0.25) is 5.91 Å². The summed E-state index contributed by atoms with van der Waals surface area (Å²) in [4.78, 5) is 26.5. The minimum absolute atomic E-state index is 0.0653. The minimum Gasteiger partial charge on any atom is -0.387 e. The molecule has 2 fully saturated rings. The number of β-amino-alcohol motifs (C(OH)–C–C–N with tert-alkyl or cyclic N) is 1. The maximum Gasteiger partial charge on any atom is 0.219 e. The van der Waals surface area contributed by atoms with E-state index in [0.29, 0.717) is 19.1 Å². The summed E-state index contributed by atoms with van der Waals surface area (Å²) in [5, 5.41) is 11.1. The zero-order valence-electron chi connectivity index (χ0n) is 16.0. The molecular weight excluding hydrogens is 330 g/mol. The van der Waals surface area contributed by atoms with Crippen molar-refractivity contribution in [3.8, 4) is 0 Å². The molecule has 2 aliphatic heterocycles. The van der Waals surface area contributed by atoms with E-state index >= 15 is 0 Å². The van der Waals surface area contributed by atoms with Gasteiger partial charge in [0.05, 0.1) is 12.1 Å². The Balaban J connectivity index is 1.54. The number of carbonyl (C=O) groups is 1. The molecule has 0 saturated carbocycles. The lowest BCUT2D eigenvalue weighted by atomic mass is 9.95. The quantitative estimate of drug-likeness (QED) is 0.867. The second kappa shape index (κ2) is 8.31. The first-order chi connectivity index (χ1) is 12.5. The number of piperidine rings is 1. The molecule has 7 nitrogen and oxygen atoms in total. The van der Waals surface area contributed by atoms with Crippen molar-refractivity contribution in [3.63, 3.8) is 0 Å². The van der Waals surface area contributed by atoms with Crippen LogP contribution >= 0.6 is 0 Å². The molecular formula is C19H31N5O2. The lowest BCUT2D eigenvalue weighted by Crippen LogP contribution is -2.53. The summed E-state index contributed by atoms with van der Waals surface area (Å²) in [5.74, 6) is 1.02. The number of carbonyl (C=O) groups excluding carboxylic acids is 1. The van der Waals surface area contributed by atoms with E-state index < -0.39 is 5.60 Å². The Morgan fingerprint density at radius 2 is 2.12 bits per heavy atom. The van der Waals surface area contributed by atoms with E-state index in [1.54, 1.807) is 19.4 Å². The molecule has 3 rings (SSSR count). The molecule has 2 aliphatic rings. The Kier molecular flexibility index (Phi) is 6.09. The molecule has 0 spiro atoms. The van der Waals surface area contributed by atoms with Crippen molar-refractivity contribution in [2.75, 3.05) is 44.7 Å². The van der Waals surface area contributed by atoms with Gasteiger partial charge in [0, 0.05) is 52.4 Å². The van der Waals surface area contributed by atoms with Crippen molar-refractivity contribution in [3.05, 3.63) is 18.6 Å². The first-order valence-electron chi connectivity index (χ1n) is 9.66. The first-order valence-corrected chi connectivity index (χ1v) is 9.66. The van der Waals surface area contributed by atoms with Crippen LogP contribution in [0.1, 0.15) is 39.0 Å². The Morgan fingerprint density at radius 1 is 1.35 bits per heavy atom. The van der Waals surface area contributed by atoms with Crippen molar-refractivity contribution in [2.24, 2.45) is 0 Å². The molecule has 1 atom stereocenters. The van der Waals surface area contributed by atoms with Gasteiger partial charge in [0.25, 0.3) is 0 Å². The van der Waals surface area contributed by atoms with Crippen LogP contribution in [0.2, 0.25) is 0 Å². The highest BCUT2D eigenvalue weighted by molar-refractivity contribution is 5.73. The zero-order chi connectivity index (χ0) is 18.6. The van der Waals surface area contributed by atoms with Crippen molar-refractivity contribution < 1.29 is 9.90 Å². The number of likely N-dealkylation sites (tertiary alicyclic amines) is 2. The molecule has 1 amide bonds. The first kappa shape index (κ1) is 19.0. The summed E-state index contributed by atoms with van der Waals surface area (Å²) in [6.07, 6.45) is 8.19. The molecule has 1 aromatic rings. The lowest BCUT2D eigenvalue weighted by Gasteiger charge is -2.41. The molecule has 1 N–H and O–H groups in total. The fourth-order valence-electron chi connectivity index (χ4n) is 4.23. The van der Waals surface area contributed by atoms with Crippen LogP contribution in [0.25, 0.3) is 0 Å². The van der Waals surface area contributed by atoms with E-state index in [2.05, 4.69) is 26.8 Å². The minimum atomic E-state index is -0.784. The van der Waals surface area contributed by atoms with E-state index in [1.165, 1.54) is 0 Å². The molecule has 1 unspecified atom stereocenters. The largest absolute Gasteiger partial charge is 0.387 e. The smallest absolute Gasteiger partial charge is 0.219 e. The fourth-order valence-corrected chi connectivity index (χ4v) is 4.23. The average Bonchev–Trinajstić information content (AvgIpc) is 2.84. The summed E-state index contributed by atoms with van der Waals surface area (Å²) in [6, 6.07) is 2.40. The molecule has 0 aromatic carbocycles. The lowest BCUT2D eigenvalue weighted by molar-refractivity contribution is -0.132. The van der Waals surface area contributed by atoms with Gasteiger partial charge in [-0.1, -0.05) is 0 Å². The molecule has 7 heteroatoms. The van der Waals surface area contributed by atoms with Crippen LogP contribution in [0, 0.1) is 0 Å². The third-order valence-electron chi connectivity index (χ3n) is 5.80. The van der Waals surface area contributed by atoms with E-state index in [0.717, 1.165) is 57.6 Å². The van der Waals surface area contributed by atoms with Crippen LogP contribution in [0.15, 0.2) is 18.6 Å². The third kappa shape index (κ3) is 4.71.